The molecule has 1 aromatic carbocycles. The molecule has 3 aromatic rings. The molecule has 1 atom stereocenters. The first-order chi connectivity index (χ1) is 13.6. The molecule has 142 valence electrons. The van der Waals surface area contributed by atoms with Gasteiger partial charge in [0, 0.05) is 48.2 Å². The monoisotopic (exact) mass is 373 g/mol. The van der Waals surface area contributed by atoms with Crippen molar-refractivity contribution in [3.05, 3.63) is 71.7 Å². The summed E-state index contributed by atoms with van der Waals surface area (Å²) < 4.78 is 0. The molecule has 6 heteroatoms. The second-order valence-electron chi connectivity index (χ2n) is 7.25. The van der Waals surface area contributed by atoms with Gasteiger partial charge in [-0.05, 0) is 44.9 Å². The zero-order valence-electron chi connectivity index (χ0n) is 16.2. The number of carbonyl (C=O) groups is 1. The topological polar surface area (TPSA) is 71.9 Å². The molecule has 0 aliphatic carbocycles. The second kappa shape index (κ2) is 7.84. The highest BCUT2D eigenvalue weighted by molar-refractivity contribution is 5.95. The van der Waals surface area contributed by atoms with Gasteiger partial charge in [0.05, 0.1) is 17.1 Å². The Kier molecular flexibility index (Phi) is 5.10. The molecular weight excluding hydrogens is 350 g/mol. The Hall–Kier alpha value is -3.15. The fourth-order valence-corrected chi connectivity index (χ4v) is 3.74. The van der Waals surface area contributed by atoms with Gasteiger partial charge in [-0.1, -0.05) is 12.1 Å². The summed E-state index contributed by atoms with van der Waals surface area (Å²) in [5, 5.41) is 0. The summed E-state index contributed by atoms with van der Waals surface area (Å²) >= 11 is 0. The van der Waals surface area contributed by atoms with Crippen LogP contribution < -0.4 is 0 Å². The van der Waals surface area contributed by atoms with Crippen molar-refractivity contribution >= 4 is 5.91 Å². The summed E-state index contributed by atoms with van der Waals surface area (Å²) in [6.45, 7) is 5.32. The van der Waals surface area contributed by atoms with Gasteiger partial charge < -0.3 is 4.90 Å². The van der Waals surface area contributed by atoms with E-state index < -0.39 is 0 Å². The molecule has 1 aliphatic heterocycles. The number of carbonyl (C=O) groups excluding carboxylic acids is 1. The van der Waals surface area contributed by atoms with Crippen molar-refractivity contribution in [2.75, 3.05) is 13.1 Å². The summed E-state index contributed by atoms with van der Waals surface area (Å²) in [7, 11) is 0. The Morgan fingerprint density at radius 3 is 2.89 bits per heavy atom. The fourth-order valence-electron chi connectivity index (χ4n) is 3.74. The molecule has 0 spiro atoms. The van der Waals surface area contributed by atoms with E-state index in [1.54, 1.807) is 18.7 Å². The van der Waals surface area contributed by atoms with E-state index in [2.05, 4.69) is 19.9 Å². The largest absolute Gasteiger partial charge is 0.338 e. The standard InChI is InChI=1S/C22H23N5O/c1-15-12-24-16(2)21(26-15)17-5-3-6-18(11-17)22(28)27-10-4-7-19(13-27)20-8-9-23-14-25-20/h3,5-6,8-9,11-12,14,19H,4,7,10,13H2,1-2H3. The van der Waals surface area contributed by atoms with Crippen molar-refractivity contribution in [3.8, 4) is 11.3 Å². The van der Waals surface area contributed by atoms with Crippen LogP contribution in [-0.2, 0) is 0 Å². The van der Waals surface area contributed by atoms with Gasteiger partial charge in [-0.25, -0.2) is 15.0 Å². The third kappa shape index (κ3) is 3.76. The average Bonchev–Trinajstić information content (AvgIpc) is 2.76. The van der Waals surface area contributed by atoms with Gasteiger partial charge in [0.25, 0.3) is 5.91 Å². The number of rotatable bonds is 3. The lowest BCUT2D eigenvalue weighted by atomic mass is 9.94. The number of hydrogen-bond donors (Lipinski definition) is 0. The number of nitrogens with zero attached hydrogens (tertiary/aromatic N) is 5. The van der Waals surface area contributed by atoms with Crippen molar-refractivity contribution in [2.24, 2.45) is 0 Å². The third-order valence-corrected chi connectivity index (χ3v) is 5.19. The molecule has 1 fully saturated rings. The van der Waals surface area contributed by atoms with E-state index in [1.807, 2.05) is 49.1 Å². The van der Waals surface area contributed by atoms with Crippen LogP contribution in [0.15, 0.2) is 49.1 Å². The number of aryl methyl sites for hydroxylation is 2. The molecule has 3 heterocycles. The highest BCUT2D eigenvalue weighted by Gasteiger charge is 2.26. The number of piperidine rings is 1. The van der Waals surface area contributed by atoms with Gasteiger partial charge >= 0.3 is 0 Å². The van der Waals surface area contributed by atoms with Gasteiger partial charge in [0.15, 0.2) is 0 Å². The molecule has 1 aliphatic rings. The maximum absolute atomic E-state index is 13.2. The van der Waals surface area contributed by atoms with Crippen LogP contribution in [0.1, 0.15) is 46.2 Å². The molecule has 0 saturated carbocycles. The summed E-state index contributed by atoms with van der Waals surface area (Å²) in [6, 6.07) is 9.63. The quantitative estimate of drug-likeness (QED) is 0.702. The minimum atomic E-state index is 0.0545. The molecule has 0 bridgehead atoms. The molecule has 0 N–H and O–H groups in total. The zero-order chi connectivity index (χ0) is 19.5. The lowest BCUT2D eigenvalue weighted by Gasteiger charge is -2.32. The maximum Gasteiger partial charge on any atom is 0.253 e. The van der Waals surface area contributed by atoms with E-state index in [4.69, 9.17) is 0 Å². The minimum Gasteiger partial charge on any atom is -0.338 e. The van der Waals surface area contributed by atoms with Crippen molar-refractivity contribution < 1.29 is 4.79 Å². The number of benzene rings is 1. The van der Waals surface area contributed by atoms with Gasteiger partial charge in [0.1, 0.15) is 6.33 Å². The van der Waals surface area contributed by atoms with Crippen molar-refractivity contribution in [1.82, 2.24) is 24.8 Å². The highest BCUT2D eigenvalue weighted by atomic mass is 16.2. The lowest BCUT2D eigenvalue weighted by molar-refractivity contribution is 0.0706. The molecule has 28 heavy (non-hydrogen) atoms. The van der Waals surface area contributed by atoms with Crippen LogP contribution in [0.3, 0.4) is 0 Å². The van der Waals surface area contributed by atoms with Crippen molar-refractivity contribution in [3.63, 3.8) is 0 Å². The molecule has 1 amide bonds. The predicted molar refractivity (Wildman–Crippen MR) is 107 cm³/mol. The number of likely N-dealkylation sites (tertiary alicyclic amines) is 1. The molecule has 2 aromatic heterocycles. The Labute approximate surface area is 164 Å². The van der Waals surface area contributed by atoms with Gasteiger partial charge in [-0.3, -0.25) is 9.78 Å². The summed E-state index contributed by atoms with van der Waals surface area (Å²) in [5.41, 5.74) is 5.16. The van der Waals surface area contributed by atoms with E-state index in [1.165, 1.54) is 0 Å². The van der Waals surface area contributed by atoms with E-state index in [-0.39, 0.29) is 11.8 Å². The first-order valence-electron chi connectivity index (χ1n) is 9.57. The van der Waals surface area contributed by atoms with Gasteiger partial charge in [-0.2, -0.15) is 0 Å². The second-order valence-corrected chi connectivity index (χ2v) is 7.25. The van der Waals surface area contributed by atoms with Crippen molar-refractivity contribution in [2.45, 2.75) is 32.6 Å². The Bertz CT molecular complexity index is 989. The molecule has 1 saturated heterocycles. The minimum absolute atomic E-state index is 0.0545. The van der Waals surface area contributed by atoms with Crippen LogP contribution in [-0.4, -0.2) is 43.8 Å². The number of hydrogen-bond acceptors (Lipinski definition) is 5. The Balaban J connectivity index is 1.57. The van der Waals surface area contributed by atoms with Gasteiger partial charge in [0.2, 0.25) is 0 Å². The average molecular weight is 373 g/mol. The van der Waals surface area contributed by atoms with Crippen LogP contribution >= 0.6 is 0 Å². The SMILES string of the molecule is Cc1cnc(C)c(-c2cccc(C(=O)N3CCCC(c4ccncn4)C3)c2)n1. The van der Waals surface area contributed by atoms with Crippen molar-refractivity contribution in [1.29, 1.82) is 0 Å². The fraction of sp³-hybridized carbons (Fsp3) is 0.318. The molecule has 0 radical (unpaired) electrons. The zero-order valence-corrected chi connectivity index (χ0v) is 16.2. The Morgan fingerprint density at radius 2 is 2.07 bits per heavy atom. The van der Waals surface area contributed by atoms with E-state index >= 15 is 0 Å². The highest BCUT2D eigenvalue weighted by Crippen LogP contribution is 2.27. The van der Waals surface area contributed by atoms with E-state index in [0.717, 1.165) is 47.7 Å². The van der Waals surface area contributed by atoms with Crippen LogP contribution in [0, 0.1) is 13.8 Å². The maximum atomic E-state index is 13.2. The van der Waals surface area contributed by atoms with Crippen LogP contribution in [0.5, 0.6) is 0 Å². The lowest BCUT2D eigenvalue weighted by Crippen LogP contribution is -2.39. The van der Waals surface area contributed by atoms with Crippen LogP contribution in [0.2, 0.25) is 0 Å². The summed E-state index contributed by atoms with van der Waals surface area (Å²) in [4.78, 5) is 32.5. The molecule has 4 rings (SSSR count). The number of amides is 1. The Morgan fingerprint density at radius 1 is 1.18 bits per heavy atom. The van der Waals surface area contributed by atoms with E-state index in [0.29, 0.717) is 12.1 Å². The van der Waals surface area contributed by atoms with Crippen LogP contribution in [0.4, 0.5) is 0 Å². The molecule has 6 nitrogen and oxygen atoms in total. The summed E-state index contributed by atoms with van der Waals surface area (Å²) in [6.07, 6.45) is 7.11. The first kappa shape index (κ1) is 18.2. The molecule has 1 unspecified atom stereocenters. The normalized spacial score (nSPS) is 16.8. The smallest absolute Gasteiger partial charge is 0.253 e. The van der Waals surface area contributed by atoms with E-state index in [9.17, 15) is 4.79 Å². The molecular formula is C22H23N5O. The first-order valence-corrected chi connectivity index (χ1v) is 9.57. The summed E-state index contributed by atoms with van der Waals surface area (Å²) in [5.74, 6) is 0.313. The number of aromatic nitrogens is 4. The predicted octanol–water partition coefficient (Wildman–Crippen LogP) is 3.57. The third-order valence-electron chi connectivity index (χ3n) is 5.19. The van der Waals surface area contributed by atoms with Crippen LogP contribution in [0.25, 0.3) is 11.3 Å². The van der Waals surface area contributed by atoms with Gasteiger partial charge in [-0.15, -0.1) is 0 Å².